The van der Waals surface area contributed by atoms with Crippen LogP contribution in [0.15, 0.2) is 218 Å². The van der Waals surface area contributed by atoms with Gasteiger partial charge in [0.2, 0.25) is 0 Å². The Morgan fingerprint density at radius 1 is 0.351 bits per heavy atom. The first-order chi connectivity index (χ1) is 44.8. The van der Waals surface area contributed by atoms with Crippen molar-refractivity contribution in [1.82, 2.24) is 10.6 Å². The molecular weight excluding hydrogens is 1220 g/mol. The van der Waals surface area contributed by atoms with Crippen LogP contribution in [0.1, 0.15) is 97.3 Å². The Kier molecular flexibility index (Phi) is 32.8. The first kappa shape index (κ1) is 79.2. The van der Waals surface area contributed by atoms with Crippen LogP contribution >= 0.6 is 11.6 Å². The summed E-state index contributed by atoms with van der Waals surface area (Å²) >= 11 is 7.27. The number of methoxy groups -OCH3 is 3. The molecular formula is C80H107ClN4O7Si2. The van der Waals surface area contributed by atoms with Crippen molar-refractivity contribution >= 4 is 28.2 Å². The number of ether oxygens (including phenoxy) is 3. The summed E-state index contributed by atoms with van der Waals surface area (Å²) in [5.41, 5.74) is 26.0. The van der Waals surface area contributed by atoms with E-state index in [9.17, 15) is 5.11 Å². The molecule has 0 spiro atoms. The van der Waals surface area contributed by atoms with Gasteiger partial charge in [0.1, 0.15) is 22.1 Å². The topological polar surface area (TPSA) is 163 Å². The van der Waals surface area contributed by atoms with Gasteiger partial charge in [-0.05, 0) is 167 Å². The number of halogens is 1. The second-order valence-corrected chi connectivity index (χ2v) is 34.3. The zero-order valence-electron chi connectivity index (χ0n) is 59.0. The van der Waals surface area contributed by atoms with Crippen molar-refractivity contribution in [1.29, 1.82) is 0 Å². The van der Waals surface area contributed by atoms with E-state index in [1.54, 1.807) is 21.3 Å². The van der Waals surface area contributed by atoms with E-state index in [1.165, 1.54) is 44.5 Å². The Bertz CT molecular complexity index is 3390. The normalized spacial score (nSPS) is 11.3. The van der Waals surface area contributed by atoms with Gasteiger partial charge in [0, 0.05) is 19.7 Å². The highest BCUT2D eigenvalue weighted by Gasteiger charge is 2.38. The Morgan fingerprint density at radius 3 is 0.755 bits per heavy atom. The third kappa shape index (κ3) is 23.0. The first-order valence-electron chi connectivity index (χ1n) is 32.3. The highest BCUT2D eigenvalue weighted by atomic mass is 35.5. The molecule has 0 atom stereocenters. The van der Waals surface area contributed by atoms with Gasteiger partial charge in [0.15, 0.2) is 16.6 Å². The second kappa shape index (κ2) is 39.0. The van der Waals surface area contributed by atoms with Gasteiger partial charge in [-0.25, -0.2) is 0 Å². The minimum absolute atomic E-state index is 0.0972. The summed E-state index contributed by atoms with van der Waals surface area (Å²) in [7, 11) is 2.09. The average Bonchev–Trinajstić information content (AvgIpc) is 0.775. The van der Waals surface area contributed by atoms with Crippen LogP contribution in [0.4, 0.5) is 0 Å². The maximum absolute atomic E-state index is 9.86. The Balaban J connectivity index is 0.000000273. The Hall–Kier alpha value is -7.22. The lowest BCUT2D eigenvalue weighted by molar-refractivity contribution is 0.226. The molecule has 9 rings (SSSR count). The molecule has 14 heteroatoms. The molecule has 0 aliphatic rings. The van der Waals surface area contributed by atoms with Gasteiger partial charge in [-0.3, -0.25) is 10.6 Å². The molecule has 0 unspecified atom stereocenters. The molecule has 0 saturated heterocycles. The van der Waals surface area contributed by atoms with E-state index >= 15 is 0 Å². The van der Waals surface area contributed by atoms with Gasteiger partial charge in [0.05, 0.1) is 52.5 Å². The number of hydrogen-bond donors (Lipinski definition) is 6. The van der Waals surface area contributed by atoms with Crippen LogP contribution in [0.2, 0.25) is 39.3 Å². The standard InChI is InChI=1S/C26H33NO2Si.C23H25NO2.C22H21ClO.C5H15NOSi.C2H7NO.C2H6/c1-20-7-11-22(12-8-20)26(27-19-29-30(4,5)6,23-13-9-21(2)10-14-23)24-15-17-25(28-3)18-16-24;1-17-4-8-19(9-5-17)23(24-16-25,20-10-6-18(2)7-11-20)21-12-14-22(26-3)15-13-21;1-16-4-8-18(9-5-16)22(23,19-10-6-17(2)7-11-19)20-12-14-21(24-3)15-13-20;1-8(2,3)7-5-4-6;3-1-2-4;1-2/h7-18,27H,19H2,1-6H3;4-15,24-25H,16H2,1-3H3;4-15H,1-3H3;4-6H2,1-3H3;4H,1-3H2;1-2H3. The van der Waals surface area contributed by atoms with Crippen molar-refractivity contribution in [2.45, 2.75) is 111 Å². The van der Waals surface area contributed by atoms with Crippen molar-refractivity contribution in [3.63, 3.8) is 0 Å². The van der Waals surface area contributed by atoms with E-state index in [2.05, 4.69) is 249 Å². The molecule has 11 nitrogen and oxygen atoms in total. The van der Waals surface area contributed by atoms with Crippen molar-refractivity contribution in [2.75, 3.05) is 61.1 Å². The molecule has 504 valence electrons. The fourth-order valence-corrected chi connectivity index (χ4v) is 11.9. The molecule has 9 aromatic rings. The number of rotatable bonds is 22. The molecule has 0 fully saturated rings. The molecule has 94 heavy (non-hydrogen) atoms. The number of aliphatic hydroxyl groups excluding tert-OH is 2. The Labute approximate surface area is 571 Å². The third-order valence-electron chi connectivity index (χ3n) is 15.3. The van der Waals surface area contributed by atoms with E-state index in [4.69, 9.17) is 51.2 Å². The monoisotopic (exact) mass is 1330 g/mol. The summed E-state index contributed by atoms with van der Waals surface area (Å²) in [6, 6.07) is 75.5. The summed E-state index contributed by atoms with van der Waals surface area (Å²) < 4.78 is 27.6. The summed E-state index contributed by atoms with van der Waals surface area (Å²) in [4.78, 5) is -0.729. The van der Waals surface area contributed by atoms with E-state index < -0.39 is 32.6 Å². The van der Waals surface area contributed by atoms with Crippen LogP contribution < -0.4 is 36.3 Å². The van der Waals surface area contributed by atoms with Gasteiger partial charge in [0.25, 0.3) is 0 Å². The molecule has 0 radical (unpaired) electrons. The van der Waals surface area contributed by atoms with Crippen molar-refractivity contribution in [3.8, 4) is 17.2 Å². The van der Waals surface area contributed by atoms with Crippen LogP contribution in [0, 0.1) is 41.5 Å². The van der Waals surface area contributed by atoms with Gasteiger partial charge in [-0.2, -0.15) is 0 Å². The molecule has 0 aromatic heterocycles. The van der Waals surface area contributed by atoms with E-state index in [0.29, 0.717) is 19.8 Å². The quantitative estimate of drug-likeness (QED) is 0.0166. The van der Waals surface area contributed by atoms with Gasteiger partial charge in [-0.15, -0.1) is 11.6 Å². The lowest BCUT2D eigenvalue weighted by Crippen LogP contribution is -2.47. The predicted octanol–water partition coefficient (Wildman–Crippen LogP) is 16.7. The van der Waals surface area contributed by atoms with Crippen LogP contribution in [0.5, 0.6) is 17.2 Å². The van der Waals surface area contributed by atoms with Gasteiger partial charge < -0.3 is 44.7 Å². The summed E-state index contributed by atoms with van der Waals surface area (Å²) in [5.74, 6) is 2.48. The molecule has 0 saturated carbocycles. The fraction of sp³-hybridized carbons (Fsp3) is 0.325. The van der Waals surface area contributed by atoms with Gasteiger partial charge in [-0.1, -0.05) is 229 Å². The maximum atomic E-state index is 9.86. The number of hydrogen-bond acceptors (Lipinski definition) is 11. The second-order valence-electron chi connectivity index (χ2n) is 24.7. The minimum Gasteiger partial charge on any atom is -0.497 e. The number of aliphatic hydroxyl groups is 2. The number of aryl methyl sites for hydroxylation is 6. The highest BCUT2D eigenvalue weighted by molar-refractivity contribution is 6.70. The zero-order valence-corrected chi connectivity index (χ0v) is 61.8. The van der Waals surface area contributed by atoms with Crippen LogP contribution in [0.3, 0.4) is 0 Å². The molecule has 0 aliphatic heterocycles. The molecule has 0 bridgehead atoms. The Morgan fingerprint density at radius 2 is 0.564 bits per heavy atom. The van der Waals surface area contributed by atoms with Crippen LogP contribution in [-0.4, -0.2) is 87.9 Å². The number of nitrogens with two attached hydrogens (primary N) is 2. The molecule has 0 heterocycles. The van der Waals surface area contributed by atoms with Crippen molar-refractivity contribution < 1.29 is 33.3 Å². The predicted molar refractivity (Wildman–Crippen MR) is 400 cm³/mol. The maximum Gasteiger partial charge on any atom is 0.185 e. The summed E-state index contributed by atoms with van der Waals surface area (Å²) in [6.07, 6.45) is 0. The zero-order chi connectivity index (χ0) is 69.5. The van der Waals surface area contributed by atoms with Crippen LogP contribution in [0.25, 0.3) is 0 Å². The van der Waals surface area contributed by atoms with Crippen molar-refractivity contribution in [3.05, 3.63) is 302 Å². The van der Waals surface area contributed by atoms with E-state index in [0.717, 1.165) is 62.8 Å². The van der Waals surface area contributed by atoms with E-state index in [1.807, 2.05) is 74.5 Å². The lowest BCUT2D eigenvalue weighted by atomic mass is 9.76. The molecule has 0 aliphatic carbocycles. The lowest BCUT2D eigenvalue weighted by Gasteiger charge is -2.38. The number of alkyl halides is 1. The molecule has 0 amide bonds. The fourth-order valence-electron chi connectivity index (χ4n) is 10.2. The number of benzene rings is 9. The highest BCUT2D eigenvalue weighted by Crippen LogP contribution is 2.44. The largest absolute Gasteiger partial charge is 0.497 e. The minimum atomic E-state index is -1.67. The third-order valence-corrected chi connectivity index (χ3v) is 18.1. The smallest absolute Gasteiger partial charge is 0.185 e. The number of nitrogens with one attached hydrogen (secondary N) is 2. The average molecular weight is 1330 g/mol. The first-order valence-corrected chi connectivity index (χ1v) is 39.5. The van der Waals surface area contributed by atoms with Gasteiger partial charge >= 0.3 is 0 Å². The summed E-state index contributed by atoms with van der Waals surface area (Å²) in [6.45, 7) is 31.8. The van der Waals surface area contributed by atoms with Crippen molar-refractivity contribution in [2.24, 2.45) is 11.5 Å². The van der Waals surface area contributed by atoms with Crippen LogP contribution in [-0.2, 0) is 24.8 Å². The molecule has 9 aromatic carbocycles. The molecule has 8 N–H and O–H groups in total. The van der Waals surface area contributed by atoms with E-state index in [-0.39, 0.29) is 13.3 Å². The SMILES string of the molecule is CC.COc1ccc(C(Cl)(c2ccc(C)cc2)c2ccc(C)cc2)cc1.COc1ccc(C(NCO)(c2ccc(C)cc2)c2ccc(C)cc2)cc1.COc1ccc(C(NCO[Si](C)(C)C)(c2ccc(C)cc2)c2ccc(C)cc2)cc1.C[Si](C)(C)OCCN.NCCO. The summed E-state index contributed by atoms with van der Waals surface area (Å²) in [5, 5.41) is 24.7.